The van der Waals surface area contributed by atoms with Crippen LogP contribution in [0.4, 0.5) is 0 Å². The summed E-state index contributed by atoms with van der Waals surface area (Å²) >= 11 is 0. The summed E-state index contributed by atoms with van der Waals surface area (Å²) in [5.41, 5.74) is 0. The van der Waals surface area contributed by atoms with Crippen LogP contribution in [-0.2, 0) is 9.59 Å². The lowest BCUT2D eigenvalue weighted by Gasteiger charge is -2.18. The Morgan fingerprint density at radius 1 is 1.31 bits per heavy atom. The van der Waals surface area contributed by atoms with Gasteiger partial charge in [-0.15, -0.1) is 0 Å². The van der Waals surface area contributed by atoms with Crippen LogP contribution < -0.4 is 0 Å². The van der Waals surface area contributed by atoms with Gasteiger partial charge in [-0.3, -0.25) is 9.59 Å². The summed E-state index contributed by atoms with van der Waals surface area (Å²) in [6.45, 7) is 4.81. The Morgan fingerprint density at radius 2 is 1.92 bits per heavy atom. The van der Waals surface area contributed by atoms with Gasteiger partial charge in [0.05, 0.1) is 0 Å². The lowest BCUT2D eigenvalue weighted by molar-refractivity contribution is -0.137. The molecular weight excluding hydrogens is 170 g/mol. The fraction of sp³-hybridized carbons (Fsp3) is 0.778. The zero-order valence-corrected chi connectivity index (χ0v) is 8.25. The number of aliphatic carboxylic acids is 1. The molecule has 76 valence electrons. The molecule has 0 aliphatic rings. The van der Waals surface area contributed by atoms with Crippen molar-refractivity contribution < 1.29 is 14.7 Å². The third-order valence-electron chi connectivity index (χ3n) is 1.90. The average molecular weight is 187 g/mol. The minimum absolute atomic E-state index is 0.0535. The van der Waals surface area contributed by atoms with Crippen molar-refractivity contribution in [2.75, 3.05) is 13.1 Å². The number of carbonyl (C=O) groups excluding carboxylic acids is 1. The van der Waals surface area contributed by atoms with Crippen molar-refractivity contribution in [3.05, 3.63) is 0 Å². The molecule has 0 spiro atoms. The maximum atomic E-state index is 10.9. The Labute approximate surface area is 78.5 Å². The van der Waals surface area contributed by atoms with E-state index in [9.17, 15) is 9.59 Å². The van der Waals surface area contributed by atoms with Gasteiger partial charge in [-0.1, -0.05) is 0 Å². The van der Waals surface area contributed by atoms with Crippen LogP contribution in [0.2, 0.25) is 0 Å². The topological polar surface area (TPSA) is 57.6 Å². The van der Waals surface area contributed by atoms with Gasteiger partial charge in [0.2, 0.25) is 5.91 Å². The van der Waals surface area contributed by atoms with Crippen molar-refractivity contribution in [2.24, 2.45) is 0 Å². The summed E-state index contributed by atoms with van der Waals surface area (Å²) < 4.78 is 0. The van der Waals surface area contributed by atoms with E-state index in [1.54, 1.807) is 4.90 Å². The lowest BCUT2D eigenvalue weighted by Crippen LogP contribution is -2.29. The van der Waals surface area contributed by atoms with Crippen LogP contribution in [0, 0.1) is 0 Å². The lowest BCUT2D eigenvalue weighted by atomic mass is 10.2. The van der Waals surface area contributed by atoms with E-state index >= 15 is 0 Å². The van der Waals surface area contributed by atoms with E-state index in [2.05, 4.69) is 0 Å². The maximum absolute atomic E-state index is 10.9. The Hall–Kier alpha value is -1.06. The monoisotopic (exact) mass is 187 g/mol. The van der Waals surface area contributed by atoms with E-state index in [0.29, 0.717) is 19.5 Å². The van der Waals surface area contributed by atoms with E-state index in [1.165, 1.54) is 6.92 Å². The van der Waals surface area contributed by atoms with Crippen LogP contribution in [0.3, 0.4) is 0 Å². The molecule has 0 unspecified atom stereocenters. The molecule has 0 aromatic rings. The summed E-state index contributed by atoms with van der Waals surface area (Å²) in [4.78, 5) is 22.8. The molecule has 0 rings (SSSR count). The van der Waals surface area contributed by atoms with Gasteiger partial charge in [-0.2, -0.15) is 0 Å². The quantitative estimate of drug-likeness (QED) is 0.634. The van der Waals surface area contributed by atoms with Gasteiger partial charge in [0.1, 0.15) is 0 Å². The molecule has 1 N–H and O–H groups in total. The van der Waals surface area contributed by atoms with Crippen molar-refractivity contribution in [1.82, 2.24) is 4.90 Å². The van der Waals surface area contributed by atoms with Gasteiger partial charge in [-0.05, 0) is 19.8 Å². The Bertz CT molecular complexity index is 180. The molecule has 0 aromatic carbocycles. The Morgan fingerprint density at radius 3 is 2.31 bits per heavy atom. The molecule has 1 amide bonds. The zero-order chi connectivity index (χ0) is 10.3. The molecule has 13 heavy (non-hydrogen) atoms. The molecule has 0 aliphatic heterocycles. The Balaban J connectivity index is 3.50. The number of hydrogen-bond donors (Lipinski definition) is 1. The molecule has 4 heteroatoms. The summed E-state index contributed by atoms with van der Waals surface area (Å²) in [6.07, 6.45) is 1.59. The number of carbonyl (C=O) groups is 2. The van der Waals surface area contributed by atoms with E-state index < -0.39 is 5.97 Å². The molecular formula is C9H17NO3. The number of amides is 1. The maximum Gasteiger partial charge on any atom is 0.303 e. The first kappa shape index (κ1) is 11.9. The molecule has 0 radical (unpaired) electrons. The van der Waals surface area contributed by atoms with Crippen LogP contribution >= 0.6 is 0 Å². The number of hydrogen-bond acceptors (Lipinski definition) is 2. The highest BCUT2D eigenvalue weighted by Crippen LogP contribution is 1.99. The standard InChI is InChI=1S/C9H17NO3/c1-3-10(8(2)11)7-5-4-6-9(12)13/h3-7H2,1-2H3,(H,12,13). The predicted octanol–water partition coefficient (Wildman–Crippen LogP) is 1.11. The van der Waals surface area contributed by atoms with E-state index in [-0.39, 0.29) is 12.3 Å². The number of rotatable bonds is 6. The van der Waals surface area contributed by atoms with Gasteiger partial charge in [0.25, 0.3) is 0 Å². The molecule has 0 aromatic heterocycles. The highest BCUT2D eigenvalue weighted by Gasteiger charge is 2.05. The largest absolute Gasteiger partial charge is 0.481 e. The second-order valence-corrected chi connectivity index (χ2v) is 2.95. The number of carboxylic acids is 1. The first-order valence-corrected chi connectivity index (χ1v) is 4.55. The second-order valence-electron chi connectivity index (χ2n) is 2.95. The normalized spacial score (nSPS) is 9.69. The second kappa shape index (κ2) is 6.46. The molecule has 0 atom stereocenters. The van der Waals surface area contributed by atoms with Crippen molar-refractivity contribution in [2.45, 2.75) is 33.1 Å². The molecule has 0 aliphatic carbocycles. The molecule has 0 saturated carbocycles. The van der Waals surface area contributed by atoms with E-state index in [0.717, 1.165) is 6.42 Å². The van der Waals surface area contributed by atoms with Crippen molar-refractivity contribution in [3.8, 4) is 0 Å². The third kappa shape index (κ3) is 6.13. The van der Waals surface area contributed by atoms with Crippen LogP contribution in [0.1, 0.15) is 33.1 Å². The van der Waals surface area contributed by atoms with Crippen molar-refractivity contribution in [3.63, 3.8) is 0 Å². The zero-order valence-electron chi connectivity index (χ0n) is 8.25. The van der Waals surface area contributed by atoms with Gasteiger partial charge < -0.3 is 10.0 Å². The van der Waals surface area contributed by atoms with Gasteiger partial charge in [0, 0.05) is 26.4 Å². The SMILES string of the molecule is CCN(CCCCC(=O)O)C(C)=O. The third-order valence-corrected chi connectivity index (χ3v) is 1.90. The van der Waals surface area contributed by atoms with Crippen LogP contribution in [0.5, 0.6) is 0 Å². The summed E-state index contributed by atoms with van der Waals surface area (Å²) in [5.74, 6) is -0.719. The molecule has 0 bridgehead atoms. The van der Waals surface area contributed by atoms with Crippen LogP contribution in [0.15, 0.2) is 0 Å². The fourth-order valence-corrected chi connectivity index (χ4v) is 1.12. The smallest absolute Gasteiger partial charge is 0.303 e. The van der Waals surface area contributed by atoms with Gasteiger partial charge in [-0.25, -0.2) is 0 Å². The molecule has 4 nitrogen and oxygen atoms in total. The summed E-state index contributed by atoms with van der Waals surface area (Å²) in [5, 5.41) is 8.36. The van der Waals surface area contributed by atoms with Crippen LogP contribution in [-0.4, -0.2) is 35.0 Å². The average Bonchev–Trinajstić information content (AvgIpc) is 2.03. The summed E-state index contributed by atoms with van der Waals surface area (Å²) in [7, 11) is 0. The summed E-state index contributed by atoms with van der Waals surface area (Å²) in [6, 6.07) is 0. The van der Waals surface area contributed by atoms with E-state index in [4.69, 9.17) is 5.11 Å². The van der Waals surface area contributed by atoms with E-state index in [1.807, 2.05) is 6.92 Å². The number of unbranched alkanes of at least 4 members (excludes halogenated alkanes) is 1. The minimum Gasteiger partial charge on any atom is -0.481 e. The highest BCUT2D eigenvalue weighted by molar-refractivity contribution is 5.73. The molecule has 0 fully saturated rings. The first-order chi connectivity index (χ1) is 6.07. The number of carboxylic acid groups (broad SMARTS) is 1. The highest BCUT2D eigenvalue weighted by atomic mass is 16.4. The molecule has 0 saturated heterocycles. The Kier molecular flexibility index (Phi) is 5.93. The van der Waals surface area contributed by atoms with Crippen molar-refractivity contribution in [1.29, 1.82) is 0 Å². The fourth-order valence-electron chi connectivity index (χ4n) is 1.12. The van der Waals surface area contributed by atoms with Gasteiger partial charge >= 0.3 is 5.97 Å². The molecule has 0 heterocycles. The first-order valence-electron chi connectivity index (χ1n) is 4.55. The van der Waals surface area contributed by atoms with Crippen molar-refractivity contribution >= 4 is 11.9 Å². The van der Waals surface area contributed by atoms with Crippen LogP contribution in [0.25, 0.3) is 0 Å². The minimum atomic E-state index is -0.772. The number of nitrogens with zero attached hydrogens (tertiary/aromatic N) is 1. The predicted molar refractivity (Wildman–Crippen MR) is 49.4 cm³/mol. The van der Waals surface area contributed by atoms with Gasteiger partial charge in [0.15, 0.2) is 0 Å².